The van der Waals surface area contributed by atoms with E-state index in [9.17, 15) is 0 Å². The van der Waals surface area contributed by atoms with Crippen LogP contribution in [0.1, 0.15) is 55.7 Å². The minimum atomic E-state index is -0.293. The van der Waals surface area contributed by atoms with E-state index < -0.39 is 0 Å². The van der Waals surface area contributed by atoms with E-state index in [4.69, 9.17) is 16.2 Å². The summed E-state index contributed by atoms with van der Waals surface area (Å²) < 4.78 is 5.88. The number of hydrogen-bond donors (Lipinski definition) is 2. The Kier molecular flexibility index (Phi) is 4.42. The van der Waals surface area contributed by atoms with Gasteiger partial charge in [0, 0.05) is 18.9 Å². The Morgan fingerprint density at radius 3 is 2.42 bits per heavy atom. The van der Waals surface area contributed by atoms with Crippen molar-refractivity contribution in [2.75, 3.05) is 12.8 Å². The lowest BCUT2D eigenvalue weighted by Gasteiger charge is -2.38. The highest BCUT2D eigenvalue weighted by atomic mass is 16.5. The Morgan fingerprint density at radius 2 is 1.89 bits per heavy atom. The third-order valence-electron chi connectivity index (χ3n) is 4.47. The van der Waals surface area contributed by atoms with Crippen LogP contribution in [-0.2, 0) is 4.74 Å². The van der Waals surface area contributed by atoms with Crippen LogP contribution >= 0.6 is 0 Å². The van der Waals surface area contributed by atoms with Gasteiger partial charge in [-0.3, -0.25) is 0 Å². The van der Waals surface area contributed by atoms with Crippen molar-refractivity contribution in [3.05, 3.63) is 23.4 Å². The van der Waals surface area contributed by atoms with E-state index >= 15 is 0 Å². The van der Waals surface area contributed by atoms with Crippen molar-refractivity contribution >= 4 is 5.82 Å². The van der Waals surface area contributed by atoms with Gasteiger partial charge in [-0.05, 0) is 31.4 Å². The molecule has 4 N–H and O–H groups in total. The number of rotatable bonds is 3. The second-order valence-electron chi connectivity index (χ2n) is 5.59. The van der Waals surface area contributed by atoms with Gasteiger partial charge in [0.2, 0.25) is 0 Å². The summed E-state index contributed by atoms with van der Waals surface area (Å²) in [5, 5.41) is 0. The van der Waals surface area contributed by atoms with Gasteiger partial charge in [0.15, 0.2) is 0 Å². The normalized spacial score (nSPS) is 20.8. The number of pyridine rings is 1. The van der Waals surface area contributed by atoms with Gasteiger partial charge in [0.1, 0.15) is 5.82 Å². The Morgan fingerprint density at radius 1 is 1.26 bits per heavy atom. The Bertz CT molecular complexity index is 405. The van der Waals surface area contributed by atoms with Gasteiger partial charge in [-0.1, -0.05) is 25.7 Å². The molecule has 1 heterocycles. The van der Waals surface area contributed by atoms with Crippen molar-refractivity contribution in [1.29, 1.82) is 0 Å². The van der Waals surface area contributed by atoms with E-state index in [1.165, 1.54) is 25.7 Å². The number of ether oxygens (including phenoxy) is 1. The quantitative estimate of drug-likeness (QED) is 0.822. The van der Waals surface area contributed by atoms with Gasteiger partial charge in [0.05, 0.1) is 11.6 Å². The molecular weight excluding hydrogens is 238 g/mol. The van der Waals surface area contributed by atoms with E-state index in [-0.39, 0.29) is 11.6 Å². The first-order valence-corrected chi connectivity index (χ1v) is 7.12. The molecule has 2 rings (SSSR count). The lowest BCUT2D eigenvalue weighted by Crippen LogP contribution is -2.43. The molecule has 0 saturated heterocycles. The predicted molar refractivity (Wildman–Crippen MR) is 77.8 cm³/mol. The molecule has 0 spiro atoms. The maximum Gasteiger partial charge on any atom is 0.128 e. The third kappa shape index (κ3) is 2.74. The van der Waals surface area contributed by atoms with Crippen LogP contribution in [0.5, 0.6) is 0 Å². The zero-order valence-electron chi connectivity index (χ0n) is 12.0. The Balaban J connectivity index is 2.36. The highest BCUT2D eigenvalue weighted by Gasteiger charge is 2.39. The van der Waals surface area contributed by atoms with Crippen molar-refractivity contribution in [1.82, 2.24) is 4.98 Å². The molecule has 1 atom stereocenters. The van der Waals surface area contributed by atoms with Gasteiger partial charge in [-0.2, -0.15) is 0 Å². The number of methoxy groups -OCH3 is 1. The number of nitrogens with two attached hydrogens (primary N) is 2. The molecule has 0 bridgehead atoms. The van der Waals surface area contributed by atoms with Crippen LogP contribution in [0, 0.1) is 6.92 Å². The molecule has 1 aromatic heterocycles. The molecule has 1 aromatic rings. The maximum atomic E-state index is 6.54. The molecule has 1 aliphatic rings. The monoisotopic (exact) mass is 263 g/mol. The van der Waals surface area contributed by atoms with Gasteiger partial charge in [0.25, 0.3) is 0 Å². The van der Waals surface area contributed by atoms with Crippen LogP contribution in [-0.4, -0.2) is 17.7 Å². The molecule has 4 heteroatoms. The van der Waals surface area contributed by atoms with E-state index in [0.29, 0.717) is 5.82 Å². The van der Waals surface area contributed by atoms with Crippen LogP contribution in [0.3, 0.4) is 0 Å². The summed E-state index contributed by atoms with van der Waals surface area (Å²) in [6.45, 7) is 2.04. The summed E-state index contributed by atoms with van der Waals surface area (Å²) in [4.78, 5) is 4.19. The van der Waals surface area contributed by atoms with Crippen molar-refractivity contribution in [2.45, 2.75) is 57.1 Å². The van der Waals surface area contributed by atoms with Crippen molar-refractivity contribution in [2.24, 2.45) is 5.73 Å². The molecule has 1 fully saturated rings. The summed E-state index contributed by atoms with van der Waals surface area (Å²) in [5.74, 6) is 0.535. The van der Waals surface area contributed by atoms with Crippen LogP contribution in [0.4, 0.5) is 5.82 Å². The number of aryl methyl sites for hydroxylation is 1. The lowest BCUT2D eigenvalue weighted by molar-refractivity contribution is -0.0442. The summed E-state index contributed by atoms with van der Waals surface area (Å²) >= 11 is 0. The van der Waals surface area contributed by atoms with Crippen molar-refractivity contribution < 1.29 is 4.74 Å². The summed E-state index contributed by atoms with van der Waals surface area (Å²) in [5.41, 5.74) is 14.3. The lowest BCUT2D eigenvalue weighted by atomic mass is 9.81. The zero-order chi connectivity index (χ0) is 13.9. The van der Waals surface area contributed by atoms with E-state index in [0.717, 1.165) is 24.0 Å². The van der Waals surface area contributed by atoms with Gasteiger partial charge < -0.3 is 16.2 Å². The molecule has 4 nitrogen and oxygen atoms in total. The largest absolute Gasteiger partial charge is 0.383 e. The second-order valence-corrected chi connectivity index (χ2v) is 5.59. The average molecular weight is 263 g/mol. The Labute approximate surface area is 115 Å². The van der Waals surface area contributed by atoms with Gasteiger partial charge in [-0.15, -0.1) is 0 Å². The molecule has 19 heavy (non-hydrogen) atoms. The van der Waals surface area contributed by atoms with E-state index in [2.05, 4.69) is 4.98 Å². The second kappa shape index (κ2) is 5.88. The first-order chi connectivity index (χ1) is 9.10. The summed E-state index contributed by atoms with van der Waals surface area (Å²) in [7, 11) is 1.77. The Hall–Kier alpha value is -1.13. The predicted octanol–water partition coefficient (Wildman–Crippen LogP) is 2.71. The molecule has 0 radical (unpaired) electrons. The number of anilines is 1. The molecule has 0 amide bonds. The van der Waals surface area contributed by atoms with Crippen molar-refractivity contribution in [3.8, 4) is 0 Å². The molecule has 0 aromatic carbocycles. The maximum absolute atomic E-state index is 6.54. The van der Waals surface area contributed by atoms with Crippen LogP contribution in [0.2, 0.25) is 0 Å². The first-order valence-electron chi connectivity index (χ1n) is 7.12. The first kappa shape index (κ1) is 14.3. The fraction of sp³-hybridized carbons (Fsp3) is 0.667. The summed E-state index contributed by atoms with van der Waals surface area (Å²) in [6.07, 6.45) is 8.59. The van der Waals surface area contributed by atoms with Crippen LogP contribution < -0.4 is 11.5 Å². The van der Waals surface area contributed by atoms with E-state index in [1.54, 1.807) is 13.3 Å². The fourth-order valence-electron chi connectivity index (χ4n) is 3.23. The summed E-state index contributed by atoms with van der Waals surface area (Å²) in [6, 6.07) is 1.76. The molecule has 1 aliphatic carbocycles. The molecule has 1 unspecified atom stereocenters. The van der Waals surface area contributed by atoms with Gasteiger partial charge >= 0.3 is 0 Å². The minimum absolute atomic E-state index is 0.204. The molecule has 106 valence electrons. The SMILES string of the molecule is COC1(C(N)c2c(C)ccnc2N)CCCCCC1. The van der Waals surface area contributed by atoms with Crippen LogP contribution in [0.25, 0.3) is 0 Å². The standard InChI is InChI=1S/C15H25N3O/c1-11-7-10-18-14(17)12(11)13(16)15(19-2)8-5-3-4-6-9-15/h7,10,13H,3-6,8-9,16H2,1-2H3,(H2,17,18). The number of nitrogens with zero attached hydrogens (tertiary/aromatic N) is 1. The fourth-order valence-corrected chi connectivity index (χ4v) is 3.23. The molecular formula is C15H25N3O. The molecule has 1 saturated carbocycles. The third-order valence-corrected chi connectivity index (χ3v) is 4.47. The highest BCUT2D eigenvalue weighted by molar-refractivity contribution is 5.47. The highest BCUT2D eigenvalue weighted by Crippen LogP contribution is 2.40. The molecule has 0 aliphatic heterocycles. The number of nitrogen functional groups attached to an aromatic ring is 1. The van der Waals surface area contributed by atoms with Gasteiger partial charge in [-0.25, -0.2) is 4.98 Å². The minimum Gasteiger partial charge on any atom is -0.383 e. The topological polar surface area (TPSA) is 74.2 Å². The zero-order valence-corrected chi connectivity index (χ0v) is 12.0. The smallest absolute Gasteiger partial charge is 0.128 e. The average Bonchev–Trinajstić information content (AvgIpc) is 2.64. The number of aromatic nitrogens is 1. The van der Waals surface area contributed by atoms with Crippen molar-refractivity contribution in [3.63, 3.8) is 0 Å². The van der Waals surface area contributed by atoms with E-state index in [1.807, 2.05) is 13.0 Å². The number of hydrogen-bond acceptors (Lipinski definition) is 4. The van der Waals surface area contributed by atoms with Crippen LogP contribution in [0.15, 0.2) is 12.3 Å².